The second kappa shape index (κ2) is 277. The van der Waals surface area contributed by atoms with Gasteiger partial charge in [-0.25, -0.2) is 0 Å². The van der Waals surface area contributed by atoms with E-state index in [4.69, 9.17) is 0 Å². The van der Waals surface area contributed by atoms with Gasteiger partial charge in [-0.2, -0.15) is 0 Å². The molecule has 0 bridgehead atoms. The molecule has 14 N–H and O–H groups in total. The Morgan fingerprint density at radius 2 is 0.444 bits per heavy atom. The first-order valence-electron chi connectivity index (χ1n) is 0. The molecule has 0 atom stereocenters. The van der Waals surface area contributed by atoms with Gasteiger partial charge in [0.25, 0.3) is 0 Å². The minimum atomic E-state index is 0. The van der Waals surface area contributed by atoms with Crippen molar-refractivity contribution < 1.29 is 69.3 Å². The van der Waals surface area contributed by atoms with Crippen LogP contribution in [0.2, 0.25) is 0 Å². The van der Waals surface area contributed by atoms with E-state index in [0.717, 1.165) is 0 Å². The van der Waals surface area contributed by atoms with Crippen LogP contribution in [0.3, 0.4) is 0 Å². The maximum atomic E-state index is 0. The fraction of sp³-hybridized carbons (Fsp3) is 0. The summed E-state index contributed by atoms with van der Waals surface area (Å²) < 4.78 is 0. The van der Waals surface area contributed by atoms with Crippen molar-refractivity contribution in [3.63, 3.8) is 0 Å². The molecule has 0 radical (unpaired) electrons. The number of hydrogen-bond acceptors (Lipinski definition) is 0. The Hall–Kier alpha value is 1.60. The Labute approximate surface area is 94.9 Å². The van der Waals surface area contributed by atoms with E-state index in [2.05, 4.69) is 0 Å². The first-order valence-corrected chi connectivity index (χ1v) is 0. The largest absolute Gasteiger partial charge is 1.00 e. The summed E-state index contributed by atoms with van der Waals surface area (Å²) in [4.78, 5) is 0. The predicted molar refractivity (Wildman–Crippen MR) is 36.3 cm³/mol. The molecule has 0 amide bonds. The second-order valence-corrected chi connectivity index (χ2v) is 0. The first-order chi connectivity index (χ1) is 0. The molecule has 0 aliphatic carbocycles. The summed E-state index contributed by atoms with van der Waals surface area (Å²) >= 11 is 0. The van der Waals surface area contributed by atoms with Gasteiger partial charge in [0.1, 0.15) is 0 Å². The maximum Gasteiger partial charge on any atom is 1.00 e. The van der Waals surface area contributed by atoms with Crippen LogP contribution in [0.5, 0.6) is 0 Å². The van der Waals surface area contributed by atoms with Gasteiger partial charge in [0.2, 0.25) is 0 Å². The molecule has 0 spiro atoms. The van der Waals surface area contributed by atoms with E-state index in [-0.39, 0.29) is 95.5 Å². The summed E-state index contributed by atoms with van der Waals surface area (Å²) in [5.74, 6) is 0. The van der Waals surface area contributed by atoms with E-state index in [1.807, 2.05) is 0 Å². The van der Waals surface area contributed by atoms with Crippen molar-refractivity contribution in [2.75, 3.05) is 0 Å². The monoisotopic (exact) mass is 362 g/mol. The van der Waals surface area contributed by atoms with Crippen LogP contribution < -0.4 is 29.6 Å². The van der Waals surface area contributed by atoms with Crippen molar-refractivity contribution >= 4 is 26.2 Å². The minimum absolute atomic E-state index is 0. The molecule has 66 valence electrons. The van der Waals surface area contributed by atoms with Gasteiger partial charge >= 0.3 is 55.8 Å². The Morgan fingerprint density at radius 1 is 0.444 bits per heavy atom. The van der Waals surface area contributed by atoms with E-state index in [0.29, 0.717) is 0 Å². The molecular formula is H18BiNaO7. The molecule has 0 saturated carbocycles. The predicted octanol–water partition coefficient (Wildman–Crippen LogP) is -9.84. The third-order valence-electron chi connectivity index (χ3n) is 0. The van der Waals surface area contributed by atoms with Crippen LogP contribution in [0.4, 0.5) is 0 Å². The molecule has 0 aromatic carbocycles. The molecule has 0 aromatic heterocycles. The molecule has 0 fully saturated rings. The molecule has 0 saturated heterocycles. The van der Waals surface area contributed by atoms with Crippen LogP contribution in [0, 0.1) is 0 Å². The zero-order valence-electron chi connectivity index (χ0n) is 6.21. The maximum absolute atomic E-state index is 0. The van der Waals surface area contributed by atoms with E-state index in [1.54, 1.807) is 0 Å². The third-order valence-corrected chi connectivity index (χ3v) is 0. The van der Waals surface area contributed by atoms with Crippen LogP contribution in [0.1, 0.15) is 1.43 Å². The van der Waals surface area contributed by atoms with Crippen molar-refractivity contribution in [1.82, 2.24) is 0 Å². The van der Waals surface area contributed by atoms with Crippen molar-refractivity contribution in [3.8, 4) is 0 Å². The molecule has 9 heteroatoms. The second-order valence-electron chi connectivity index (χ2n) is 0. The fourth-order valence-corrected chi connectivity index (χ4v) is 0. The van der Waals surface area contributed by atoms with Crippen molar-refractivity contribution in [2.45, 2.75) is 0 Å². The Morgan fingerprint density at radius 3 is 0.444 bits per heavy atom. The first kappa shape index (κ1) is 380. The standard InChI is InChI=1S/Bi.Na.7H2O.4H/h;;7*1H2;;;;/q;+1;;;;;;;;;;;-1. The topological polar surface area (TPSA) is 220 Å². The molecule has 0 aliphatic heterocycles. The van der Waals surface area contributed by atoms with Gasteiger partial charge in [-0.15, -0.1) is 0 Å². The summed E-state index contributed by atoms with van der Waals surface area (Å²) in [5, 5.41) is 0. The molecule has 0 heterocycles. The van der Waals surface area contributed by atoms with E-state index < -0.39 is 0 Å². The Kier molecular flexibility index (Phi) is 11700. The van der Waals surface area contributed by atoms with Crippen molar-refractivity contribution in [1.29, 1.82) is 0 Å². The summed E-state index contributed by atoms with van der Waals surface area (Å²) in [5.41, 5.74) is 0. The van der Waals surface area contributed by atoms with Gasteiger partial charge in [0.15, 0.2) is 0 Å². The van der Waals surface area contributed by atoms with Crippen LogP contribution in [-0.4, -0.2) is 64.5 Å². The Balaban J connectivity index is 0. The van der Waals surface area contributed by atoms with Crippen molar-refractivity contribution in [3.05, 3.63) is 0 Å². The molecular weight excluding hydrogens is 344 g/mol. The molecule has 0 unspecified atom stereocenters. The van der Waals surface area contributed by atoms with E-state index in [9.17, 15) is 0 Å². The van der Waals surface area contributed by atoms with Gasteiger partial charge in [0, 0.05) is 0 Å². The molecule has 9 heavy (non-hydrogen) atoms. The fourth-order valence-electron chi connectivity index (χ4n) is 0. The number of rotatable bonds is 0. The average molecular weight is 362 g/mol. The van der Waals surface area contributed by atoms with E-state index in [1.165, 1.54) is 0 Å². The van der Waals surface area contributed by atoms with Gasteiger partial charge in [-0.05, 0) is 0 Å². The van der Waals surface area contributed by atoms with Crippen molar-refractivity contribution in [2.24, 2.45) is 0 Å². The summed E-state index contributed by atoms with van der Waals surface area (Å²) in [6.07, 6.45) is 0. The van der Waals surface area contributed by atoms with Crippen LogP contribution in [-0.2, 0) is 0 Å². The van der Waals surface area contributed by atoms with E-state index >= 15 is 0 Å². The molecule has 7 nitrogen and oxygen atoms in total. The zero-order chi connectivity index (χ0) is 0. The SMILES string of the molecule is O.O.O.O.O.O.O.[BiH3].[H-].[Na+]. The smallest absolute Gasteiger partial charge is 1.00 e. The van der Waals surface area contributed by atoms with Gasteiger partial charge in [-0.3, -0.25) is 0 Å². The summed E-state index contributed by atoms with van der Waals surface area (Å²) in [6.45, 7) is 0. The van der Waals surface area contributed by atoms with Gasteiger partial charge < -0.3 is 39.8 Å². The van der Waals surface area contributed by atoms with Crippen LogP contribution in [0.25, 0.3) is 0 Å². The average Bonchev–Trinajstić information content (AvgIpc) is 0. The van der Waals surface area contributed by atoms with Gasteiger partial charge in [0.05, 0.1) is 0 Å². The van der Waals surface area contributed by atoms with Crippen LogP contribution >= 0.6 is 0 Å². The van der Waals surface area contributed by atoms with Gasteiger partial charge in [-0.1, -0.05) is 0 Å². The molecule has 0 aliphatic rings. The Bertz CT molecular complexity index is 13.6. The number of hydrogen-bond donors (Lipinski definition) is 0. The zero-order valence-corrected chi connectivity index (χ0v) is 12.7. The molecule has 0 rings (SSSR count). The van der Waals surface area contributed by atoms with Crippen LogP contribution in [0.15, 0.2) is 0 Å². The third kappa shape index (κ3) is 216. The minimum Gasteiger partial charge on any atom is -1.00 e. The molecule has 0 aromatic rings. The summed E-state index contributed by atoms with van der Waals surface area (Å²) in [7, 11) is 0. The normalized spacial score (nSPS) is 0. The summed E-state index contributed by atoms with van der Waals surface area (Å²) in [6, 6.07) is 0. The quantitative estimate of drug-likeness (QED) is 0.366.